The Morgan fingerprint density at radius 2 is 2.25 bits per heavy atom. The van der Waals surface area contributed by atoms with Crippen molar-refractivity contribution in [2.24, 2.45) is 0 Å². The summed E-state index contributed by atoms with van der Waals surface area (Å²) in [5.74, 6) is 0. The Morgan fingerprint density at radius 1 is 1.50 bits per heavy atom. The SMILES string of the molecule is CCC(C)NCC1CCC(C)N1. The van der Waals surface area contributed by atoms with Gasteiger partial charge in [-0.3, -0.25) is 0 Å². The second kappa shape index (κ2) is 4.83. The molecule has 12 heavy (non-hydrogen) atoms. The van der Waals surface area contributed by atoms with Gasteiger partial charge in [-0.1, -0.05) is 6.92 Å². The van der Waals surface area contributed by atoms with E-state index < -0.39 is 0 Å². The maximum absolute atomic E-state index is 3.57. The van der Waals surface area contributed by atoms with Gasteiger partial charge in [0.15, 0.2) is 0 Å². The molecule has 3 unspecified atom stereocenters. The predicted octanol–water partition coefficient (Wildman–Crippen LogP) is 1.51. The van der Waals surface area contributed by atoms with Crippen molar-refractivity contribution in [2.75, 3.05) is 6.54 Å². The monoisotopic (exact) mass is 170 g/mol. The molecule has 0 spiro atoms. The minimum Gasteiger partial charge on any atom is -0.313 e. The molecule has 0 radical (unpaired) electrons. The molecule has 1 aliphatic rings. The molecule has 2 N–H and O–H groups in total. The summed E-state index contributed by atoms with van der Waals surface area (Å²) >= 11 is 0. The van der Waals surface area contributed by atoms with Gasteiger partial charge in [0.2, 0.25) is 0 Å². The average Bonchev–Trinajstić information content (AvgIpc) is 2.47. The smallest absolute Gasteiger partial charge is 0.0195 e. The largest absolute Gasteiger partial charge is 0.313 e. The fourth-order valence-electron chi connectivity index (χ4n) is 1.67. The quantitative estimate of drug-likeness (QED) is 0.668. The first-order valence-corrected chi connectivity index (χ1v) is 5.21. The van der Waals surface area contributed by atoms with Crippen LogP contribution in [0.3, 0.4) is 0 Å². The van der Waals surface area contributed by atoms with Crippen LogP contribution in [0.25, 0.3) is 0 Å². The standard InChI is InChI=1S/C10H22N2/c1-4-8(2)11-7-10-6-5-9(3)12-10/h8-12H,4-7H2,1-3H3. The summed E-state index contributed by atoms with van der Waals surface area (Å²) in [4.78, 5) is 0. The van der Waals surface area contributed by atoms with Gasteiger partial charge in [-0.05, 0) is 33.1 Å². The zero-order valence-electron chi connectivity index (χ0n) is 8.56. The van der Waals surface area contributed by atoms with Crippen molar-refractivity contribution >= 4 is 0 Å². The predicted molar refractivity (Wildman–Crippen MR) is 53.4 cm³/mol. The molecule has 0 aromatic carbocycles. The summed E-state index contributed by atoms with van der Waals surface area (Å²) in [6, 6.07) is 2.12. The summed E-state index contributed by atoms with van der Waals surface area (Å²) in [7, 11) is 0. The van der Waals surface area contributed by atoms with E-state index in [9.17, 15) is 0 Å². The number of nitrogens with one attached hydrogen (secondary N) is 2. The van der Waals surface area contributed by atoms with Crippen LogP contribution in [0.2, 0.25) is 0 Å². The fourth-order valence-corrected chi connectivity index (χ4v) is 1.67. The summed E-state index contributed by atoms with van der Waals surface area (Å²) in [6.45, 7) is 7.88. The van der Waals surface area contributed by atoms with Crippen molar-refractivity contribution in [1.29, 1.82) is 0 Å². The van der Waals surface area contributed by atoms with Gasteiger partial charge in [0, 0.05) is 24.7 Å². The van der Waals surface area contributed by atoms with Crippen LogP contribution in [0.5, 0.6) is 0 Å². The van der Waals surface area contributed by atoms with Gasteiger partial charge in [0.05, 0.1) is 0 Å². The third-order valence-corrected chi connectivity index (χ3v) is 2.79. The van der Waals surface area contributed by atoms with E-state index in [0.29, 0.717) is 12.1 Å². The van der Waals surface area contributed by atoms with Crippen LogP contribution in [0.1, 0.15) is 40.0 Å². The summed E-state index contributed by atoms with van der Waals surface area (Å²) in [6.07, 6.45) is 3.90. The first kappa shape index (κ1) is 10.0. The Kier molecular flexibility index (Phi) is 4.02. The molecule has 72 valence electrons. The molecule has 0 aromatic heterocycles. The lowest BCUT2D eigenvalue weighted by Crippen LogP contribution is -2.39. The average molecular weight is 170 g/mol. The molecule has 1 aliphatic heterocycles. The van der Waals surface area contributed by atoms with Gasteiger partial charge < -0.3 is 10.6 Å². The third kappa shape index (κ3) is 3.11. The van der Waals surface area contributed by atoms with Crippen LogP contribution in [0.4, 0.5) is 0 Å². The molecule has 1 rings (SSSR count). The normalized spacial score (nSPS) is 32.2. The molecular weight excluding hydrogens is 148 g/mol. The second-order valence-corrected chi connectivity index (χ2v) is 4.06. The molecule has 0 aromatic rings. The van der Waals surface area contributed by atoms with E-state index in [-0.39, 0.29) is 0 Å². The Bertz CT molecular complexity index is 125. The van der Waals surface area contributed by atoms with Crippen molar-refractivity contribution in [2.45, 2.75) is 58.2 Å². The molecule has 2 heteroatoms. The highest BCUT2D eigenvalue weighted by molar-refractivity contribution is 4.82. The molecule has 1 heterocycles. The molecule has 2 nitrogen and oxygen atoms in total. The van der Waals surface area contributed by atoms with E-state index in [4.69, 9.17) is 0 Å². The number of hydrogen-bond donors (Lipinski definition) is 2. The Morgan fingerprint density at radius 3 is 2.75 bits per heavy atom. The van der Waals surface area contributed by atoms with Crippen molar-refractivity contribution in [1.82, 2.24) is 10.6 Å². The lowest BCUT2D eigenvalue weighted by atomic mass is 10.2. The van der Waals surface area contributed by atoms with Crippen LogP contribution < -0.4 is 10.6 Å². The maximum atomic E-state index is 3.57. The van der Waals surface area contributed by atoms with Crippen LogP contribution in [-0.2, 0) is 0 Å². The zero-order chi connectivity index (χ0) is 8.97. The van der Waals surface area contributed by atoms with Crippen LogP contribution in [-0.4, -0.2) is 24.7 Å². The Hall–Kier alpha value is -0.0800. The highest BCUT2D eigenvalue weighted by Gasteiger charge is 2.19. The highest BCUT2D eigenvalue weighted by atomic mass is 15.0. The molecule has 1 fully saturated rings. The van der Waals surface area contributed by atoms with Crippen molar-refractivity contribution in [3.63, 3.8) is 0 Å². The topological polar surface area (TPSA) is 24.1 Å². The number of rotatable bonds is 4. The minimum atomic E-state index is 0.669. The zero-order valence-corrected chi connectivity index (χ0v) is 8.56. The van der Waals surface area contributed by atoms with E-state index in [1.165, 1.54) is 19.3 Å². The lowest BCUT2D eigenvalue weighted by molar-refractivity contribution is 0.461. The maximum Gasteiger partial charge on any atom is 0.0195 e. The highest BCUT2D eigenvalue weighted by Crippen LogP contribution is 2.10. The van der Waals surface area contributed by atoms with E-state index in [2.05, 4.69) is 31.4 Å². The second-order valence-electron chi connectivity index (χ2n) is 4.06. The van der Waals surface area contributed by atoms with Crippen molar-refractivity contribution in [3.05, 3.63) is 0 Å². The van der Waals surface area contributed by atoms with Crippen LogP contribution in [0.15, 0.2) is 0 Å². The molecule has 0 aliphatic carbocycles. The molecule has 0 bridgehead atoms. The molecule has 3 atom stereocenters. The first-order valence-electron chi connectivity index (χ1n) is 5.21. The van der Waals surface area contributed by atoms with Gasteiger partial charge in [-0.2, -0.15) is 0 Å². The number of hydrogen-bond acceptors (Lipinski definition) is 2. The van der Waals surface area contributed by atoms with Crippen molar-refractivity contribution < 1.29 is 0 Å². The van der Waals surface area contributed by atoms with Crippen LogP contribution in [0, 0.1) is 0 Å². The molecule has 0 amide bonds. The van der Waals surface area contributed by atoms with E-state index in [1.54, 1.807) is 0 Å². The lowest BCUT2D eigenvalue weighted by Gasteiger charge is -2.16. The molecule has 1 saturated heterocycles. The van der Waals surface area contributed by atoms with Gasteiger partial charge in [0.1, 0.15) is 0 Å². The molecular formula is C10H22N2. The van der Waals surface area contributed by atoms with Gasteiger partial charge in [-0.15, -0.1) is 0 Å². The van der Waals surface area contributed by atoms with Gasteiger partial charge in [-0.25, -0.2) is 0 Å². The van der Waals surface area contributed by atoms with Crippen molar-refractivity contribution in [3.8, 4) is 0 Å². The minimum absolute atomic E-state index is 0.669. The van der Waals surface area contributed by atoms with E-state index in [0.717, 1.165) is 12.6 Å². The van der Waals surface area contributed by atoms with E-state index >= 15 is 0 Å². The summed E-state index contributed by atoms with van der Waals surface area (Å²) in [5, 5.41) is 7.10. The van der Waals surface area contributed by atoms with Gasteiger partial charge >= 0.3 is 0 Å². The summed E-state index contributed by atoms with van der Waals surface area (Å²) < 4.78 is 0. The Labute approximate surface area is 76.1 Å². The van der Waals surface area contributed by atoms with Gasteiger partial charge in [0.25, 0.3) is 0 Å². The van der Waals surface area contributed by atoms with Crippen LogP contribution >= 0.6 is 0 Å². The molecule has 0 saturated carbocycles. The Balaban J connectivity index is 2.07. The van der Waals surface area contributed by atoms with E-state index in [1.807, 2.05) is 0 Å². The summed E-state index contributed by atoms with van der Waals surface area (Å²) in [5.41, 5.74) is 0. The fraction of sp³-hybridized carbons (Fsp3) is 1.00. The first-order chi connectivity index (χ1) is 5.72. The third-order valence-electron chi connectivity index (χ3n) is 2.79.